The van der Waals surface area contributed by atoms with Gasteiger partial charge in [-0.1, -0.05) is 13.3 Å². The Labute approximate surface area is 68.1 Å². The van der Waals surface area contributed by atoms with Gasteiger partial charge in [-0.15, -0.1) is 0 Å². The molecule has 0 fully saturated rings. The molecule has 0 aromatic carbocycles. The molecule has 0 aliphatic heterocycles. The first kappa shape index (κ1) is 9.82. The van der Waals surface area contributed by atoms with E-state index < -0.39 is 0 Å². The lowest BCUT2D eigenvalue weighted by Crippen LogP contribution is -2.21. The largest absolute Gasteiger partial charge is 0.380 e. The van der Waals surface area contributed by atoms with Crippen LogP contribution in [0, 0.1) is 0 Å². The quantitative estimate of drug-likeness (QED) is 0.578. The Kier molecular flexibility index (Phi) is 4.52. The van der Waals surface area contributed by atoms with Crippen molar-refractivity contribution in [2.24, 2.45) is 4.53 Å². The molecular formula is C7H15NOS. The molecule has 0 N–H and O–H groups in total. The Morgan fingerprint density at radius 2 is 2.10 bits per heavy atom. The number of hydrogen-bond acceptors (Lipinski definition) is 3. The van der Waals surface area contributed by atoms with E-state index >= 15 is 0 Å². The van der Waals surface area contributed by atoms with E-state index in [4.69, 9.17) is 4.84 Å². The molecule has 0 saturated carbocycles. The van der Waals surface area contributed by atoms with Crippen molar-refractivity contribution in [3.8, 4) is 0 Å². The lowest BCUT2D eigenvalue weighted by molar-refractivity contribution is -0.0172. The van der Waals surface area contributed by atoms with Crippen LogP contribution in [0.2, 0.25) is 0 Å². The molecule has 0 aromatic heterocycles. The third kappa shape index (κ3) is 4.68. The fourth-order valence-electron chi connectivity index (χ4n) is 0.749. The Morgan fingerprint density at radius 3 is 2.50 bits per heavy atom. The van der Waals surface area contributed by atoms with Crippen LogP contribution in [0.1, 0.15) is 40.0 Å². The Bertz CT molecular complexity index is 104. The van der Waals surface area contributed by atoms with Gasteiger partial charge >= 0.3 is 0 Å². The van der Waals surface area contributed by atoms with E-state index in [1.54, 1.807) is 0 Å². The summed E-state index contributed by atoms with van der Waals surface area (Å²) in [5, 5.41) is 0. The molecule has 0 bridgehead atoms. The predicted octanol–water partition coefficient (Wildman–Crippen LogP) is 2.62. The molecule has 60 valence electrons. The van der Waals surface area contributed by atoms with Gasteiger partial charge in [0.15, 0.2) is 0 Å². The first-order chi connectivity index (χ1) is 4.62. The topological polar surface area (TPSA) is 21.6 Å². The molecule has 0 atom stereocenters. The summed E-state index contributed by atoms with van der Waals surface area (Å²) < 4.78 is 3.24. The summed E-state index contributed by atoms with van der Waals surface area (Å²) in [5.74, 6) is 0. The molecule has 0 aromatic rings. The van der Waals surface area contributed by atoms with Crippen molar-refractivity contribution in [3.05, 3.63) is 0 Å². The van der Waals surface area contributed by atoms with Gasteiger partial charge < -0.3 is 4.84 Å². The van der Waals surface area contributed by atoms with Crippen molar-refractivity contribution in [1.29, 1.82) is 0 Å². The molecule has 0 aliphatic carbocycles. The van der Waals surface area contributed by atoms with Crippen molar-refractivity contribution in [3.63, 3.8) is 0 Å². The normalized spacial score (nSPS) is 11.1. The van der Waals surface area contributed by atoms with Crippen LogP contribution in [0.4, 0.5) is 0 Å². The van der Waals surface area contributed by atoms with Gasteiger partial charge in [-0.05, 0) is 31.2 Å². The second-order valence-corrected chi connectivity index (χ2v) is 3.18. The third-order valence-electron chi connectivity index (χ3n) is 1.42. The van der Waals surface area contributed by atoms with Crippen molar-refractivity contribution in [2.45, 2.75) is 45.6 Å². The summed E-state index contributed by atoms with van der Waals surface area (Å²) >= 11 is 4.35. The van der Waals surface area contributed by atoms with Crippen molar-refractivity contribution in [1.82, 2.24) is 0 Å². The molecule has 0 spiro atoms. The Balaban J connectivity index is 3.51. The van der Waals surface area contributed by atoms with Crippen LogP contribution in [0.5, 0.6) is 0 Å². The summed E-state index contributed by atoms with van der Waals surface area (Å²) in [6.07, 6.45) is 3.37. The number of nitrogens with zero attached hydrogens (tertiary/aromatic N) is 1. The molecule has 0 heterocycles. The van der Waals surface area contributed by atoms with Crippen molar-refractivity contribution in [2.75, 3.05) is 0 Å². The van der Waals surface area contributed by atoms with Crippen LogP contribution in [-0.2, 0) is 17.3 Å². The molecule has 2 nitrogen and oxygen atoms in total. The molecule has 0 aliphatic rings. The fourth-order valence-corrected chi connectivity index (χ4v) is 0.951. The summed E-state index contributed by atoms with van der Waals surface area (Å²) in [4.78, 5) is 4.97. The highest BCUT2D eigenvalue weighted by molar-refractivity contribution is 7.47. The lowest BCUT2D eigenvalue weighted by atomic mass is 10.0. The average Bonchev–Trinajstić information content (AvgIpc) is 1.84. The third-order valence-corrected chi connectivity index (χ3v) is 1.49. The molecule has 0 unspecified atom stereocenters. The van der Waals surface area contributed by atoms with Gasteiger partial charge in [-0.2, -0.15) is 0 Å². The van der Waals surface area contributed by atoms with Crippen molar-refractivity contribution < 1.29 is 4.84 Å². The van der Waals surface area contributed by atoms with Gasteiger partial charge in [-0.25, -0.2) is 0 Å². The summed E-state index contributed by atoms with van der Waals surface area (Å²) in [5.41, 5.74) is -0.169. The fraction of sp³-hybridized carbons (Fsp3) is 1.00. The standard InChI is InChI=1S/C7H15NOS/c1-4-5-6-7(2,3)9-8-10/h4-6H2,1-3H3. The zero-order chi connectivity index (χ0) is 8.04. The van der Waals surface area contributed by atoms with E-state index in [9.17, 15) is 0 Å². The summed E-state index contributed by atoms with van der Waals surface area (Å²) in [6.45, 7) is 6.15. The van der Waals surface area contributed by atoms with Crippen molar-refractivity contribution >= 4 is 12.4 Å². The average molecular weight is 161 g/mol. The number of rotatable bonds is 5. The van der Waals surface area contributed by atoms with E-state index in [-0.39, 0.29) is 5.60 Å². The van der Waals surface area contributed by atoms with Crippen LogP contribution >= 0.6 is 0 Å². The SMILES string of the molecule is CCCCC(C)(C)ON=S. The van der Waals surface area contributed by atoms with Gasteiger partial charge in [0.25, 0.3) is 0 Å². The van der Waals surface area contributed by atoms with E-state index in [2.05, 4.69) is 23.9 Å². The summed E-state index contributed by atoms with van der Waals surface area (Å²) in [6, 6.07) is 0. The minimum absolute atomic E-state index is 0.169. The van der Waals surface area contributed by atoms with Crippen LogP contribution in [0.25, 0.3) is 0 Å². The van der Waals surface area contributed by atoms with E-state index in [0.717, 1.165) is 12.8 Å². The highest BCUT2D eigenvalue weighted by Crippen LogP contribution is 2.17. The van der Waals surface area contributed by atoms with Gasteiger partial charge in [0.1, 0.15) is 5.60 Å². The molecule has 3 heteroatoms. The molecule has 0 amide bonds. The van der Waals surface area contributed by atoms with E-state index in [1.807, 2.05) is 13.8 Å². The van der Waals surface area contributed by atoms with Crippen LogP contribution in [0.3, 0.4) is 0 Å². The molecule has 0 radical (unpaired) electrons. The summed E-state index contributed by atoms with van der Waals surface area (Å²) in [7, 11) is 0. The number of unbranched alkanes of at least 4 members (excludes halogenated alkanes) is 1. The van der Waals surface area contributed by atoms with Crippen LogP contribution < -0.4 is 0 Å². The monoisotopic (exact) mass is 161 g/mol. The maximum atomic E-state index is 4.97. The van der Waals surface area contributed by atoms with Gasteiger partial charge in [0.05, 0.1) is 12.4 Å². The second-order valence-electron chi connectivity index (χ2n) is 3.03. The van der Waals surface area contributed by atoms with Crippen LogP contribution in [-0.4, -0.2) is 5.60 Å². The lowest BCUT2D eigenvalue weighted by Gasteiger charge is -2.20. The molecule has 10 heavy (non-hydrogen) atoms. The predicted molar refractivity (Wildman–Crippen MR) is 44.5 cm³/mol. The van der Waals surface area contributed by atoms with Crippen LogP contribution in [0.15, 0.2) is 4.53 Å². The first-order valence-corrected chi connectivity index (χ1v) is 4.00. The smallest absolute Gasteiger partial charge is 0.133 e. The molecular weight excluding hydrogens is 146 g/mol. The van der Waals surface area contributed by atoms with E-state index in [1.165, 1.54) is 6.42 Å². The zero-order valence-corrected chi connectivity index (χ0v) is 7.70. The Hall–Kier alpha value is -0.180. The number of hydrogen-bond donors (Lipinski definition) is 0. The molecule has 0 rings (SSSR count). The first-order valence-electron chi connectivity index (χ1n) is 3.63. The minimum Gasteiger partial charge on any atom is -0.380 e. The minimum atomic E-state index is -0.169. The second kappa shape index (κ2) is 4.61. The zero-order valence-electron chi connectivity index (χ0n) is 6.89. The maximum Gasteiger partial charge on any atom is 0.133 e. The Morgan fingerprint density at radius 1 is 1.50 bits per heavy atom. The van der Waals surface area contributed by atoms with E-state index in [0.29, 0.717) is 0 Å². The highest BCUT2D eigenvalue weighted by atomic mass is 32.1. The highest BCUT2D eigenvalue weighted by Gasteiger charge is 2.17. The molecule has 0 saturated heterocycles. The van der Waals surface area contributed by atoms with Gasteiger partial charge in [-0.3, -0.25) is 0 Å². The van der Waals surface area contributed by atoms with Gasteiger partial charge in [0.2, 0.25) is 0 Å². The van der Waals surface area contributed by atoms with Gasteiger partial charge in [0, 0.05) is 0 Å². The maximum absolute atomic E-state index is 4.97.